The number of ether oxygens (including phenoxy) is 2. The number of hydrogen-bond donors (Lipinski definition) is 0. The number of quaternary nitrogens is 1. The predicted octanol–water partition coefficient (Wildman–Crippen LogP) is 2.26. The predicted molar refractivity (Wildman–Crippen MR) is 104 cm³/mol. The van der Waals surface area contributed by atoms with Gasteiger partial charge in [0.25, 0.3) is 0 Å². The zero-order valence-corrected chi connectivity index (χ0v) is 16.5. The number of carbonyl (C=O) groups is 3. The fraction of sp³-hybridized carbons (Fsp3) is 0.318. The van der Waals surface area contributed by atoms with Crippen LogP contribution in [-0.2, 0) is 14.9 Å². The van der Waals surface area contributed by atoms with E-state index >= 15 is 0 Å². The minimum atomic E-state index is -1.57. The molecule has 1 atom stereocenters. The SMILES string of the molecule is COc1ccc2c(c1)C(=O)C(COC(=O)C[N+](C)(C)C)(c1ccccc1)C2=O. The van der Waals surface area contributed by atoms with Crippen molar-refractivity contribution in [3.8, 4) is 5.75 Å². The van der Waals surface area contributed by atoms with E-state index in [9.17, 15) is 14.4 Å². The van der Waals surface area contributed by atoms with E-state index < -0.39 is 11.4 Å². The van der Waals surface area contributed by atoms with Crippen molar-refractivity contribution in [3.05, 3.63) is 65.2 Å². The van der Waals surface area contributed by atoms with Crippen LogP contribution in [0, 0.1) is 0 Å². The maximum Gasteiger partial charge on any atom is 0.361 e. The fourth-order valence-electron chi connectivity index (χ4n) is 3.42. The summed E-state index contributed by atoms with van der Waals surface area (Å²) in [5.41, 5.74) is -0.456. The number of carbonyl (C=O) groups excluding carboxylic acids is 3. The van der Waals surface area contributed by atoms with Crippen LogP contribution in [0.3, 0.4) is 0 Å². The topological polar surface area (TPSA) is 69.7 Å². The van der Waals surface area contributed by atoms with Crippen molar-refractivity contribution in [2.75, 3.05) is 41.4 Å². The van der Waals surface area contributed by atoms with Crippen molar-refractivity contribution in [3.63, 3.8) is 0 Å². The van der Waals surface area contributed by atoms with Crippen molar-refractivity contribution in [1.82, 2.24) is 0 Å². The van der Waals surface area contributed by atoms with E-state index in [1.807, 2.05) is 21.1 Å². The monoisotopic (exact) mass is 382 g/mol. The van der Waals surface area contributed by atoms with Gasteiger partial charge in [-0.2, -0.15) is 0 Å². The van der Waals surface area contributed by atoms with Gasteiger partial charge < -0.3 is 14.0 Å². The summed E-state index contributed by atoms with van der Waals surface area (Å²) in [6, 6.07) is 13.6. The summed E-state index contributed by atoms with van der Waals surface area (Å²) in [5.74, 6) is -0.710. The molecule has 0 N–H and O–H groups in total. The molecule has 0 spiro atoms. The third-order valence-corrected chi connectivity index (χ3v) is 4.81. The number of hydrogen-bond acceptors (Lipinski definition) is 5. The summed E-state index contributed by atoms with van der Waals surface area (Å²) < 4.78 is 11.0. The van der Waals surface area contributed by atoms with Crippen molar-refractivity contribution in [2.24, 2.45) is 0 Å². The zero-order chi connectivity index (χ0) is 20.5. The maximum absolute atomic E-state index is 13.4. The lowest BCUT2D eigenvalue weighted by atomic mass is 9.76. The van der Waals surface area contributed by atoms with Crippen LogP contribution in [-0.4, -0.2) is 63.4 Å². The van der Waals surface area contributed by atoms with Crippen molar-refractivity contribution in [1.29, 1.82) is 0 Å². The molecule has 146 valence electrons. The number of fused-ring (bicyclic) bond motifs is 1. The van der Waals surface area contributed by atoms with Gasteiger partial charge in [-0.15, -0.1) is 0 Å². The molecule has 0 aliphatic heterocycles. The van der Waals surface area contributed by atoms with Crippen molar-refractivity contribution >= 4 is 17.5 Å². The summed E-state index contributed by atoms with van der Waals surface area (Å²) >= 11 is 0. The molecule has 0 amide bonds. The van der Waals surface area contributed by atoms with E-state index in [1.165, 1.54) is 7.11 Å². The molecule has 0 radical (unpaired) electrons. The largest absolute Gasteiger partial charge is 0.497 e. The van der Waals surface area contributed by atoms with Gasteiger partial charge in [-0.25, -0.2) is 4.79 Å². The average Bonchev–Trinajstić information content (AvgIpc) is 2.87. The van der Waals surface area contributed by atoms with E-state index in [4.69, 9.17) is 9.47 Å². The number of Topliss-reactive ketones (excluding diaryl/α,β-unsaturated/α-hetero) is 2. The quantitative estimate of drug-likeness (QED) is 0.435. The van der Waals surface area contributed by atoms with E-state index in [1.54, 1.807) is 48.5 Å². The molecule has 2 aromatic carbocycles. The van der Waals surface area contributed by atoms with Gasteiger partial charge in [0.15, 0.2) is 23.5 Å². The van der Waals surface area contributed by atoms with Gasteiger partial charge in [-0.3, -0.25) is 9.59 Å². The van der Waals surface area contributed by atoms with E-state index in [0.717, 1.165) is 0 Å². The standard InChI is InChI=1S/C22H24NO5/c1-23(2,3)13-19(24)28-14-22(15-8-6-5-7-9-15)20(25)17-11-10-16(27-4)12-18(17)21(22)26/h5-12H,13-14H2,1-4H3/q+1. The van der Waals surface area contributed by atoms with Crippen molar-refractivity contribution < 1.29 is 28.3 Å². The second-order valence-corrected chi connectivity index (χ2v) is 7.95. The van der Waals surface area contributed by atoms with E-state index in [-0.39, 0.29) is 30.3 Å². The van der Waals surface area contributed by atoms with Gasteiger partial charge >= 0.3 is 5.97 Å². The Bertz CT molecular complexity index is 930. The first-order chi connectivity index (χ1) is 13.2. The van der Waals surface area contributed by atoms with Crippen LogP contribution < -0.4 is 4.74 Å². The molecule has 28 heavy (non-hydrogen) atoms. The van der Waals surface area contributed by atoms with Crippen LogP contribution in [0.25, 0.3) is 0 Å². The summed E-state index contributed by atoms with van der Waals surface area (Å²) in [4.78, 5) is 39.1. The lowest BCUT2D eigenvalue weighted by Gasteiger charge is -2.27. The summed E-state index contributed by atoms with van der Waals surface area (Å²) in [6.45, 7) is -0.196. The average molecular weight is 382 g/mol. The third kappa shape index (κ3) is 3.43. The normalized spacial score (nSPS) is 18.7. The molecule has 0 aromatic heterocycles. The Balaban J connectivity index is 2.03. The Morgan fingerprint density at radius 2 is 1.61 bits per heavy atom. The fourth-order valence-corrected chi connectivity index (χ4v) is 3.42. The van der Waals surface area contributed by atoms with Crippen LogP contribution in [0.5, 0.6) is 5.75 Å². The highest BCUT2D eigenvalue weighted by Crippen LogP contribution is 2.41. The molecule has 0 saturated carbocycles. The number of methoxy groups -OCH3 is 1. The molecule has 2 aromatic rings. The number of likely N-dealkylation sites (N-methyl/N-ethyl adjacent to an activating group) is 1. The molecular weight excluding hydrogens is 358 g/mol. The van der Waals surface area contributed by atoms with Gasteiger partial charge in [-0.1, -0.05) is 30.3 Å². The zero-order valence-electron chi connectivity index (χ0n) is 16.5. The van der Waals surface area contributed by atoms with Crippen LogP contribution in [0.1, 0.15) is 26.3 Å². The Labute approximate surface area is 164 Å². The Morgan fingerprint density at radius 1 is 0.964 bits per heavy atom. The summed E-state index contributed by atoms with van der Waals surface area (Å²) in [7, 11) is 7.09. The molecule has 6 nitrogen and oxygen atoms in total. The first-order valence-electron chi connectivity index (χ1n) is 8.98. The minimum Gasteiger partial charge on any atom is -0.497 e. The van der Waals surface area contributed by atoms with E-state index in [2.05, 4.69) is 0 Å². The molecule has 3 rings (SSSR count). The summed E-state index contributed by atoms with van der Waals surface area (Å²) in [6.07, 6.45) is 0. The lowest BCUT2D eigenvalue weighted by Crippen LogP contribution is -2.46. The number of ketones is 2. The molecule has 1 aliphatic rings. The highest BCUT2D eigenvalue weighted by molar-refractivity contribution is 6.33. The molecule has 0 bridgehead atoms. The van der Waals surface area contributed by atoms with Gasteiger partial charge in [-0.05, 0) is 23.8 Å². The van der Waals surface area contributed by atoms with Crippen LogP contribution >= 0.6 is 0 Å². The van der Waals surface area contributed by atoms with Crippen molar-refractivity contribution in [2.45, 2.75) is 5.41 Å². The highest BCUT2D eigenvalue weighted by Gasteiger charge is 2.55. The maximum atomic E-state index is 13.4. The van der Waals surface area contributed by atoms with Crippen LogP contribution in [0.4, 0.5) is 0 Å². The first kappa shape index (κ1) is 19.8. The second-order valence-electron chi connectivity index (χ2n) is 7.95. The Morgan fingerprint density at radius 3 is 2.21 bits per heavy atom. The van der Waals surface area contributed by atoms with Crippen LogP contribution in [0.2, 0.25) is 0 Å². The van der Waals surface area contributed by atoms with Gasteiger partial charge in [0, 0.05) is 11.1 Å². The highest BCUT2D eigenvalue weighted by atomic mass is 16.5. The summed E-state index contributed by atoms with van der Waals surface area (Å²) in [5, 5.41) is 0. The number of nitrogens with zero attached hydrogens (tertiary/aromatic N) is 1. The molecule has 0 saturated heterocycles. The van der Waals surface area contributed by atoms with Gasteiger partial charge in [0.2, 0.25) is 0 Å². The molecule has 0 heterocycles. The van der Waals surface area contributed by atoms with Gasteiger partial charge in [0.1, 0.15) is 12.4 Å². The third-order valence-electron chi connectivity index (χ3n) is 4.81. The molecule has 0 fully saturated rings. The Kier molecular flexibility index (Phi) is 5.08. The smallest absolute Gasteiger partial charge is 0.361 e. The minimum absolute atomic E-state index is 0.133. The second kappa shape index (κ2) is 7.20. The lowest BCUT2D eigenvalue weighted by molar-refractivity contribution is -0.862. The molecule has 1 aliphatic carbocycles. The Hall–Kier alpha value is -2.99. The molecule has 6 heteroatoms. The number of benzene rings is 2. The number of rotatable bonds is 6. The molecular formula is C22H24NO5+. The molecule has 1 unspecified atom stereocenters. The first-order valence-corrected chi connectivity index (χ1v) is 8.98. The number of esters is 1. The van der Waals surface area contributed by atoms with Gasteiger partial charge in [0.05, 0.1) is 28.3 Å². The van der Waals surface area contributed by atoms with Crippen LogP contribution in [0.15, 0.2) is 48.5 Å². The van der Waals surface area contributed by atoms with E-state index in [0.29, 0.717) is 21.4 Å².